The molecule has 37 heavy (non-hydrogen) atoms. The Hall–Kier alpha value is -3.66. The van der Waals surface area contributed by atoms with Gasteiger partial charge in [-0.1, -0.05) is 22.8 Å². The van der Waals surface area contributed by atoms with Crippen molar-refractivity contribution in [3.63, 3.8) is 0 Å². The third-order valence-electron chi connectivity index (χ3n) is 5.01. The standard InChI is InChI=1S/C19H19N9O6S3/c1-2-5-34-24-11(10-8-36-18(20)21-10)14(30)22-12-15(31)28-13(17(32)33)9(6-35-16(12)28)7-37-19-23-25-26-27(19)3-4-29/h1,8,12,16,29H,3-7H2,(H2,20,21)(H,22,30)(H,32,33)/t12?,16-/m0/s1. The predicted octanol–water partition coefficient (Wildman–Crippen LogP) is -1.41. The zero-order valence-electron chi connectivity index (χ0n) is 18.8. The van der Waals surface area contributed by atoms with Crippen LogP contribution in [0, 0.1) is 12.3 Å². The van der Waals surface area contributed by atoms with E-state index in [2.05, 4.69) is 36.9 Å². The van der Waals surface area contributed by atoms with E-state index in [0.717, 1.165) is 16.2 Å². The molecule has 2 aliphatic heterocycles. The van der Waals surface area contributed by atoms with E-state index in [4.69, 9.17) is 22.1 Å². The van der Waals surface area contributed by atoms with Crippen molar-refractivity contribution in [2.45, 2.75) is 23.1 Å². The molecule has 2 atom stereocenters. The Kier molecular flexibility index (Phi) is 8.27. The summed E-state index contributed by atoms with van der Waals surface area (Å²) in [6, 6.07) is -0.994. The van der Waals surface area contributed by atoms with Gasteiger partial charge in [0.25, 0.3) is 11.8 Å². The molecule has 1 fully saturated rings. The number of carboxylic acid groups (broad SMARTS) is 1. The number of hydrogen-bond donors (Lipinski definition) is 4. The number of fused-ring (bicyclic) bond motifs is 1. The number of nitrogens with one attached hydrogen (secondary N) is 1. The van der Waals surface area contributed by atoms with Gasteiger partial charge in [0.15, 0.2) is 17.5 Å². The molecule has 0 radical (unpaired) electrons. The molecule has 0 aromatic carbocycles. The molecule has 4 rings (SSSR count). The summed E-state index contributed by atoms with van der Waals surface area (Å²) < 4.78 is 1.40. The molecule has 2 aromatic heterocycles. The van der Waals surface area contributed by atoms with Crippen LogP contribution in [-0.4, -0.2) is 99.9 Å². The fourth-order valence-electron chi connectivity index (χ4n) is 3.43. The molecule has 5 N–H and O–H groups in total. The summed E-state index contributed by atoms with van der Waals surface area (Å²) in [7, 11) is 0. The topological polar surface area (TPSA) is 211 Å². The molecule has 194 valence electrons. The van der Waals surface area contributed by atoms with E-state index in [1.807, 2.05) is 0 Å². The minimum Gasteiger partial charge on any atom is -0.477 e. The number of nitrogen functional groups attached to an aromatic ring is 1. The highest BCUT2D eigenvalue weighted by Crippen LogP contribution is 2.41. The van der Waals surface area contributed by atoms with Crippen molar-refractivity contribution in [3.05, 3.63) is 22.3 Å². The summed E-state index contributed by atoms with van der Waals surface area (Å²) in [6.45, 7) is -0.159. The SMILES string of the molecule is C#CCON=C(C(=O)NC1C(=O)N2C(C(=O)O)=C(CSc3nnnn3CCO)CS[C@@H]12)c1csc(N)n1. The number of carbonyl (C=O) groups excluding carboxylic acids is 2. The Balaban J connectivity index is 1.48. The number of nitrogens with two attached hydrogens (primary N) is 1. The monoisotopic (exact) mass is 565 g/mol. The number of aromatic nitrogens is 5. The van der Waals surface area contributed by atoms with Crippen LogP contribution in [0.3, 0.4) is 0 Å². The Morgan fingerprint density at radius 3 is 2.95 bits per heavy atom. The average molecular weight is 566 g/mol. The van der Waals surface area contributed by atoms with Crippen molar-refractivity contribution in [1.82, 2.24) is 35.4 Å². The molecule has 15 nitrogen and oxygen atoms in total. The van der Waals surface area contributed by atoms with Crippen molar-refractivity contribution in [2.24, 2.45) is 5.16 Å². The summed E-state index contributed by atoms with van der Waals surface area (Å²) in [5.41, 5.74) is 5.93. The van der Waals surface area contributed by atoms with Crippen LogP contribution in [-0.2, 0) is 25.8 Å². The number of terminal acetylenes is 1. The minimum absolute atomic E-state index is 0.144. The molecule has 18 heteroatoms. The number of amides is 2. The number of β-lactam (4-membered cyclic amide) rings is 1. The summed E-state index contributed by atoms with van der Waals surface area (Å²) in [5, 5.41) is 38.0. The van der Waals surface area contributed by atoms with E-state index in [1.54, 1.807) is 0 Å². The van der Waals surface area contributed by atoms with Crippen LogP contribution in [0.5, 0.6) is 0 Å². The molecule has 1 unspecified atom stereocenters. The number of aliphatic carboxylic acids is 1. The number of hydrogen-bond acceptors (Lipinski definition) is 14. The summed E-state index contributed by atoms with van der Waals surface area (Å²) in [4.78, 5) is 48.2. The molecule has 2 aromatic rings. The summed E-state index contributed by atoms with van der Waals surface area (Å²) >= 11 is 3.58. The van der Waals surface area contributed by atoms with Crippen molar-refractivity contribution >= 4 is 63.5 Å². The maximum Gasteiger partial charge on any atom is 0.352 e. The normalized spacial score (nSPS) is 19.2. The fraction of sp³-hybridized carbons (Fsp3) is 0.368. The van der Waals surface area contributed by atoms with Gasteiger partial charge in [-0.25, -0.2) is 14.5 Å². The largest absolute Gasteiger partial charge is 0.477 e. The van der Waals surface area contributed by atoms with Gasteiger partial charge < -0.3 is 26.1 Å². The lowest BCUT2D eigenvalue weighted by Gasteiger charge is -2.49. The molecule has 4 heterocycles. The fourth-order valence-corrected chi connectivity index (χ4v) is 6.36. The van der Waals surface area contributed by atoms with Gasteiger partial charge in [-0.3, -0.25) is 14.5 Å². The number of aliphatic hydroxyl groups excluding tert-OH is 1. The Labute approximate surface area is 221 Å². The van der Waals surface area contributed by atoms with Crippen LogP contribution in [0.25, 0.3) is 0 Å². The van der Waals surface area contributed by atoms with Gasteiger partial charge in [-0.05, 0) is 16.0 Å². The second-order valence-electron chi connectivity index (χ2n) is 7.30. The number of carboxylic acids is 1. The first-order valence-electron chi connectivity index (χ1n) is 10.4. The van der Waals surface area contributed by atoms with Crippen molar-refractivity contribution in [1.29, 1.82) is 0 Å². The number of thiazole rings is 1. The predicted molar refractivity (Wildman–Crippen MR) is 133 cm³/mol. The van der Waals surface area contributed by atoms with Gasteiger partial charge in [0, 0.05) is 16.9 Å². The van der Waals surface area contributed by atoms with Gasteiger partial charge in [0.1, 0.15) is 22.8 Å². The second-order valence-corrected chi connectivity index (χ2v) is 10.2. The van der Waals surface area contributed by atoms with Crippen molar-refractivity contribution < 1.29 is 29.4 Å². The second kappa shape index (κ2) is 11.6. The van der Waals surface area contributed by atoms with E-state index in [9.17, 15) is 19.5 Å². The van der Waals surface area contributed by atoms with Gasteiger partial charge in [-0.15, -0.1) is 34.6 Å². The number of tetrazole rings is 1. The van der Waals surface area contributed by atoms with E-state index in [1.165, 1.54) is 33.6 Å². The Morgan fingerprint density at radius 1 is 1.46 bits per heavy atom. The molecule has 2 aliphatic rings. The van der Waals surface area contributed by atoms with Crippen LogP contribution in [0.1, 0.15) is 5.69 Å². The number of thioether (sulfide) groups is 2. The molecular weight excluding hydrogens is 546 g/mol. The number of aliphatic hydroxyl groups is 1. The molecule has 0 saturated carbocycles. The zero-order chi connectivity index (χ0) is 26.5. The average Bonchev–Trinajstić information content (AvgIpc) is 3.51. The Bertz CT molecular complexity index is 1320. The van der Waals surface area contributed by atoms with Crippen LogP contribution in [0.15, 0.2) is 27.0 Å². The maximum absolute atomic E-state index is 13.0. The van der Waals surface area contributed by atoms with Crippen LogP contribution >= 0.6 is 34.9 Å². The Morgan fingerprint density at radius 2 is 2.27 bits per heavy atom. The third kappa shape index (κ3) is 5.53. The molecule has 0 bridgehead atoms. The van der Waals surface area contributed by atoms with Gasteiger partial charge in [-0.2, -0.15) is 0 Å². The smallest absolute Gasteiger partial charge is 0.352 e. The molecule has 0 aliphatic carbocycles. The van der Waals surface area contributed by atoms with Crippen LogP contribution < -0.4 is 11.1 Å². The van der Waals surface area contributed by atoms with Gasteiger partial charge in [0.2, 0.25) is 5.16 Å². The number of nitrogens with zero attached hydrogens (tertiary/aromatic N) is 7. The first kappa shape index (κ1) is 26.4. The van der Waals surface area contributed by atoms with E-state index in [-0.39, 0.29) is 47.7 Å². The van der Waals surface area contributed by atoms with Gasteiger partial charge >= 0.3 is 5.97 Å². The molecule has 2 amide bonds. The zero-order valence-corrected chi connectivity index (χ0v) is 21.3. The number of anilines is 1. The molecular formula is C19H19N9O6S3. The number of carbonyl (C=O) groups is 3. The number of oxime groups is 1. The highest BCUT2D eigenvalue weighted by atomic mass is 32.2. The molecule has 1 saturated heterocycles. The summed E-state index contributed by atoms with van der Waals surface area (Å²) in [5.74, 6) is 0.125. The highest BCUT2D eigenvalue weighted by molar-refractivity contribution is 8.01. The van der Waals surface area contributed by atoms with Crippen LogP contribution in [0.2, 0.25) is 0 Å². The van der Waals surface area contributed by atoms with E-state index in [0.29, 0.717) is 16.5 Å². The van der Waals surface area contributed by atoms with Crippen molar-refractivity contribution in [2.75, 3.05) is 30.5 Å². The first-order valence-corrected chi connectivity index (χ1v) is 13.3. The minimum atomic E-state index is -1.27. The quantitative estimate of drug-likeness (QED) is 0.0617. The lowest BCUT2D eigenvalue weighted by Crippen LogP contribution is -2.71. The molecule has 0 spiro atoms. The number of rotatable bonds is 11. The lowest BCUT2D eigenvalue weighted by molar-refractivity contribution is -0.150. The van der Waals surface area contributed by atoms with Crippen LogP contribution in [0.4, 0.5) is 5.13 Å². The third-order valence-corrected chi connectivity index (χ3v) is 8.06. The van der Waals surface area contributed by atoms with Gasteiger partial charge in [0.05, 0.1) is 13.2 Å². The van der Waals surface area contributed by atoms with Crippen molar-refractivity contribution in [3.8, 4) is 12.3 Å². The lowest BCUT2D eigenvalue weighted by atomic mass is 10.0. The highest BCUT2D eigenvalue weighted by Gasteiger charge is 2.54. The van der Waals surface area contributed by atoms with E-state index < -0.39 is 29.2 Å². The maximum atomic E-state index is 13.0. The summed E-state index contributed by atoms with van der Waals surface area (Å²) in [6.07, 6.45) is 5.15. The first-order chi connectivity index (χ1) is 17.8. The van der Waals surface area contributed by atoms with E-state index >= 15 is 0 Å².